The van der Waals surface area contributed by atoms with Crippen molar-refractivity contribution in [3.8, 4) is 5.75 Å². The second-order valence-corrected chi connectivity index (χ2v) is 9.04. The van der Waals surface area contributed by atoms with E-state index in [2.05, 4.69) is 0 Å². The first-order valence-corrected chi connectivity index (χ1v) is 11.0. The lowest BCUT2D eigenvalue weighted by Gasteiger charge is -2.20. The third kappa shape index (κ3) is 5.43. The van der Waals surface area contributed by atoms with E-state index in [1.165, 1.54) is 37.6 Å². The Morgan fingerprint density at radius 1 is 1.12 bits per heavy atom. The lowest BCUT2D eigenvalue weighted by Crippen LogP contribution is -2.27. The number of alkyl halides is 3. The molecule has 3 aromatic rings. The second-order valence-electron chi connectivity index (χ2n) is 6.66. The molecule has 0 saturated heterocycles. The maximum absolute atomic E-state index is 13.1. The predicted octanol–water partition coefficient (Wildman–Crippen LogP) is 5.32. The van der Waals surface area contributed by atoms with Gasteiger partial charge in [0.25, 0.3) is 10.0 Å². The maximum atomic E-state index is 13.1. The first-order valence-electron chi connectivity index (χ1n) is 9.17. The molecule has 0 bridgehead atoms. The topological polar surface area (TPSA) is 76.8 Å². The van der Waals surface area contributed by atoms with Crippen molar-refractivity contribution < 1.29 is 35.5 Å². The molecule has 0 amide bonds. The molecule has 0 aliphatic carbocycles. The molecule has 32 heavy (non-hydrogen) atoms. The quantitative estimate of drug-likeness (QED) is 0.333. The van der Waals surface area contributed by atoms with Crippen LogP contribution < -0.4 is 9.04 Å². The monoisotopic (exact) mass is 487 g/mol. The number of carbonyl (C=O) groups is 1. The van der Waals surface area contributed by atoms with E-state index in [0.29, 0.717) is 18.2 Å². The van der Waals surface area contributed by atoms with E-state index in [0.717, 1.165) is 16.4 Å². The Morgan fingerprint density at radius 2 is 1.81 bits per heavy atom. The zero-order valence-electron chi connectivity index (χ0n) is 16.6. The van der Waals surface area contributed by atoms with Crippen molar-refractivity contribution in [1.82, 2.24) is 0 Å². The van der Waals surface area contributed by atoms with Crippen molar-refractivity contribution >= 4 is 33.3 Å². The van der Waals surface area contributed by atoms with Gasteiger partial charge in [-0.05, 0) is 54.6 Å². The van der Waals surface area contributed by atoms with Gasteiger partial charge in [-0.3, -0.25) is 9.10 Å². The number of furan rings is 1. The van der Waals surface area contributed by atoms with Crippen LogP contribution in [0.15, 0.2) is 70.2 Å². The molecule has 0 atom stereocenters. The maximum Gasteiger partial charge on any atom is 0.417 e. The highest BCUT2D eigenvalue weighted by Gasteiger charge is 2.35. The number of nitrogens with zero attached hydrogens (tertiary/aromatic N) is 1. The van der Waals surface area contributed by atoms with Crippen LogP contribution in [0.5, 0.6) is 5.75 Å². The summed E-state index contributed by atoms with van der Waals surface area (Å²) < 4.78 is 76.0. The van der Waals surface area contributed by atoms with Crippen LogP contribution in [0.1, 0.15) is 17.7 Å². The van der Waals surface area contributed by atoms with Crippen LogP contribution in [0.2, 0.25) is 5.02 Å². The highest BCUT2D eigenvalue weighted by atomic mass is 35.5. The molecule has 0 N–H and O–H groups in total. The predicted molar refractivity (Wildman–Crippen MR) is 111 cm³/mol. The minimum absolute atomic E-state index is 0.0850. The molecule has 6 nitrogen and oxygen atoms in total. The van der Waals surface area contributed by atoms with Crippen LogP contribution in [0.25, 0.3) is 0 Å². The van der Waals surface area contributed by atoms with Crippen molar-refractivity contribution in [1.29, 1.82) is 0 Å². The molecule has 1 heterocycles. The molecule has 0 radical (unpaired) electrons. The molecule has 0 unspecified atom stereocenters. The summed E-state index contributed by atoms with van der Waals surface area (Å²) in [5, 5.41) is -0.600. The minimum Gasteiger partial charge on any atom is -0.469 e. The average Bonchev–Trinajstić information content (AvgIpc) is 3.25. The number of aryl methyl sites for hydroxylation is 1. The fraction of sp³-hybridized carbons (Fsp3) is 0.190. The van der Waals surface area contributed by atoms with Gasteiger partial charge in [0.05, 0.1) is 33.9 Å². The van der Waals surface area contributed by atoms with Gasteiger partial charge in [-0.25, -0.2) is 8.42 Å². The molecule has 2 aromatic carbocycles. The number of carbonyl (C=O) groups excluding carboxylic acids is 1. The number of sulfonamides is 1. The van der Waals surface area contributed by atoms with Gasteiger partial charge < -0.3 is 9.15 Å². The summed E-state index contributed by atoms with van der Waals surface area (Å²) in [6.07, 6.45) is -2.85. The van der Waals surface area contributed by atoms with E-state index >= 15 is 0 Å². The molecule has 0 saturated carbocycles. The van der Waals surface area contributed by atoms with Crippen LogP contribution in [-0.4, -0.2) is 21.4 Å². The Morgan fingerprint density at radius 3 is 2.41 bits per heavy atom. The van der Waals surface area contributed by atoms with Crippen molar-refractivity contribution in [2.75, 3.05) is 11.4 Å². The van der Waals surface area contributed by atoms with E-state index in [1.807, 2.05) is 0 Å². The molecule has 11 heteroatoms. The summed E-state index contributed by atoms with van der Waals surface area (Å²) in [4.78, 5) is 11.4. The first-order chi connectivity index (χ1) is 15.0. The SMILES string of the molecule is CN(c1ccc(OC(=O)CCc2ccco2)cc1)S(=O)(=O)c1ccc(Cl)c(C(F)(F)F)c1. The van der Waals surface area contributed by atoms with E-state index in [9.17, 15) is 26.4 Å². The molecule has 170 valence electrons. The van der Waals surface area contributed by atoms with Crippen LogP contribution >= 0.6 is 11.6 Å². The number of esters is 1. The average molecular weight is 488 g/mol. The summed E-state index contributed by atoms with van der Waals surface area (Å²) >= 11 is 5.56. The third-order valence-corrected chi connectivity index (χ3v) is 6.60. The Hall–Kier alpha value is -2.98. The Balaban J connectivity index is 1.72. The summed E-state index contributed by atoms with van der Waals surface area (Å²) in [5.41, 5.74) is -1.09. The molecular formula is C21H17ClF3NO5S. The standard InChI is InChI=1S/C21H17ClF3NO5S/c1-26(32(28,29)17-9-10-19(22)18(13-17)21(23,24)25)14-4-6-16(7-5-14)31-20(27)11-8-15-3-2-12-30-15/h2-7,9-10,12-13H,8,11H2,1H3. The summed E-state index contributed by atoms with van der Waals surface area (Å²) in [7, 11) is -3.11. The van der Waals surface area contributed by atoms with Gasteiger partial charge in [0.15, 0.2) is 0 Å². The van der Waals surface area contributed by atoms with Crippen LogP contribution in [0.3, 0.4) is 0 Å². The highest BCUT2D eigenvalue weighted by molar-refractivity contribution is 7.92. The van der Waals surface area contributed by atoms with Crippen LogP contribution in [0.4, 0.5) is 18.9 Å². The molecule has 0 aliphatic rings. The number of hydrogen-bond acceptors (Lipinski definition) is 5. The molecule has 0 spiro atoms. The fourth-order valence-corrected chi connectivity index (χ4v) is 4.21. The van der Waals surface area contributed by atoms with Gasteiger partial charge in [-0.2, -0.15) is 13.2 Å². The lowest BCUT2D eigenvalue weighted by atomic mass is 10.2. The second kappa shape index (κ2) is 9.25. The normalized spacial score (nSPS) is 11.9. The number of hydrogen-bond donors (Lipinski definition) is 0. The molecule has 0 fully saturated rings. The Labute approximate surface area is 187 Å². The van der Waals surface area contributed by atoms with Crippen molar-refractivity contribution in [3.63, 3.8) is 0 Å². The molecule has 3 rings (SSSR count). The number of anilines is 1. The number of ether oxygens (including phenoxy) is 1. The first kappa shape index (κ1) is 23.7. The Kier molecular flexibility index (Phi) is 6.85. The summed E-state index contributed by atoms with van der Waals surface area (Å²) in [6, 6.07) is 11.3. The highest BCUT2D eigenvalue weighted by Crippen LogP contribution is 2.36. The molecule has 0 aliphatic heterocycles. The zero-order valence-corrected chi connectivity index (χ0v) is 18.2. The lowest BCUT2D eigenvalue weighted by molar-refractivity contribution is -0.137. The number of halogens is 4. The van der Waals surface area contributed by atoms with Gasteiger partial charge in [-0.15, -0.1) is 0 Å². The van der Waals surface area contributed by atoms with Gasteiger partial charge >= 0.3 is 12.1 Å². The van der Waals surface area contributed by atoms with Gasteiger partial charge in [0, 0.05) is 13.5 Å². The van der Waals surface area contributed by atoms with Crippen molar-refractivity contribution in [3.05, 3.63) is 77.2 Å². The van der Waals surface area contributed by atoms with E-state index in [1.54, 1.807) is 12.1 Å². The molecular weight excluding hydrogens is 471 g/mol. The van der Waals surface area contributed by atoms with E-state index in [-0.39, 0.29) is 17.9 Å². The number of rotatable bonds is 7. The number of benzene rings is 2. The van der Waals surface area contributed by atoms with Gasteiger partial charge in [-0.1, -0.05) is 11.6 Å². The van der Waals surface area contributed by atoms with Crippen LogP contribution in [-0.2, 0) is 27.4 Å². The fourth-order valence-electron chi connectivity index (χ4n) is 2.77. The van der Waals surface area contributed by atoms with Crippen LogP contribution in [0, 0.1) is 0 Å². The van der Waals surface area contributed by atoms with Crippen molar-refractivity contribution in [2.24, 2.45) is 0 Å². The van der Waals surface area contributed by atoms with E-state index in [4.69, 9.17) is 20.8 Å². The van der Waals surface area contributed by atoms with Gasteiger partial charge in [0.1, 0.15) is 11.5 Å². The molecule has 1 aromatic heterocycles. The van der Waals surface area contributed by atoms with Crippen molar-refractivity contribution in [2.45, 2.75) is 23.9 Å². The van der Waals surface area contributed by atoms with Gasteiger partial charge in [0.2, 0.25) is 0 Å². The summed E-state index contributed by atoms with van der Waals surface area (Å²) in [5.74, 6) is 0.325. The van der Waals surface area contributed by atoms with E-state index < -0.39 is 37.7 Å². The zero-order chi connectivity index (χ0) is 23.5. The Bertz CT molecular complexity index is 1190. The third-order valence-electron chi connectivity index (χ3n) is 4.49. The summed E-state index contributed by atoms with van der Waals surface area (Å²) in [6.45, 7) is 0. The largest absolute Gasteiger partial charge is 0.469 e. The smallest absolute Gasteiger partial charge is 0.417 e. The minimum atomic E-state index is -4.80.